The number of guanidine groups is 1. The summed E-state index contributed by atoms with van der Waals surface area (Å²) < 4.78 is 0. The van der Waals surface area contributed by atoms with E-state index in [4.69, 9.17) is 22.9 Å². The molecule has 0 bridgehead atoms. The van der Waals surface area contributed by atoms with Crippen LogP contribution in [0.2, 0.25) is 0 Å². The lowest BCUT2D eigenvalue weighted by atomic mass is 10.00. The number of aliphatic carboxylic acids is 1. The number of anilines is 1. The Morgan fingerprint density at radius 2 is 1.10 bits per heavy atom. The van der Waals surface area contributed by atoms with Gasteiger partial charge in [-0.05, 0) is 75.6 Å². The van der Waals surface area contributed by atoms with Gasteiger partial charge in [0.15, 0.2) is 11.7 Å². The third-order valence-corrected chi connectivity index (χ3v) is 12.1. The van der Waals surface area contributed by atoms with Crippen LogP contribution < -0.4 is 65.5 Å². The maximum Gasteiger partial charge on any atom is 0.310 e. The van der Waals surface area contributed by atoms with Crippen LogP contribution in [-0.4, -0.2) is 135 Å². The van der Waals surface area contributed by atoms with Gasteiger partial charge in [0.05, 0.1) is 10.5 Å². The molecule has 430 valence electrons. The maximum absolute atomic E-state index is 14.4. The van der Waals surface area contributed by atoms with Gasteiger partial charge in [0.2, 0.25) is 47.3 Å². The molecule has 0 spiro atoms. The lowest BCUT2D eigenvalue weighted by Gasteiger charge is -2.29. The summed E-state index contributed by atoms with van der Waals surface area (Å²) in [5, 5.41) is 51.6. The van der Waals surface area contributed by atoms with Crippen LogP contribution >= 0.6 is 0 Å². The zero-order valence-electron chi connectivity index (χ0n) is 44.7. The lowest BCUT2D eigenvalue weighted by Crippen LogP contribution is -2.61. The predicted molar refractivity (Wildman–Crippen MR) is 285 cm³/mol. The van der Waals surface area contributed by atoms with E-state index in [1.54, 1.807) is 32.9 Å². The Morgan fingerprint density at radius 1 is 0.615 bits per heavy atom. The summed E-state index contributed by atoms with van der Waals surface area (Å²) >= 11 is 0. The van der Waals surface area contributed by atoms with Crippen LogP contribution in [0.5, 0.6) is 5.75 Å². The number of rotatable bonds is 34. The smallest absolute Gasteiger partial charge is 0.310 e. The van der Waals surface area contributed by atoms with Gasteiger partial charge in [-0.2, -0.15) is 0 Å². The molecular weight excluding hydrogens is 1020 g/mol. The summed E-state index contributed by atoms with van der Waals surface area (Å²) in [6.07, 6.45) is 0.610. The number of carboxylic acid groups (broad SMARTS) is 1. The number of nitrogens with one attached hydrogen (secondary N) is 8. The number of benzene rings is 2. The third-order valence-electron chi connectivity index (χ3n) is 12.1. The molecule has 0 aromatic heterocycles. The van der Waals surface area contributed by atoms with Crippen molar-refractivity contribution in [2.24, 2.45) is 28.1 Å². The second-order valence-electron chi connectivity index (χ2n) is 18.9. The van der Waals surface area contributed by atoms with Gasteiger partial charge in [0.25, 0.3) is 5.91 Å². The van der Waals surface area contributed by atoms with Crippen molar-refractivity contribution in [3.8, 4) is 5.75 Å². The quantitative estimate of drug-likeness (QED) is 0.0101. The molecule has 28 nitrogen and oxygen atoms in total. The monoisotopic (exact) mass is 1100 g/mol. The van der Waals surface area contributed by atoms with E-state index in [0.29, 0.717) is 25.7 Å². The molecule has 2 aromatic rings. The van der Waals surface area contributed by atoms with Crippen molar-refractivity contribution in [3.63, 3.8) is 0 Å². The van der Waals surface area contributed by atoms with E-state index in [-0.39, 0.29) is 55.0 Å². The first-order valence-electron chi connectivity index (χ1n) is 25.5. The van der Waals surface area contributed by atoms with Gasteiger partial charge in [-0.15, -0.1) is 0 Å². The van der Waals surface area contributed by atoms with Crippen molar-refractivity contribution in [2.75, 3.05) is 12.3 Å². The van der Waals surface area contributed by atoms with Crippen LogP contribution in [0, 0.1) is 16.0 Å². The van der Waals surface area contributed by atoms with E-state index >= 15 is 0 Å². The number of nitrogen functional groups attached to an aromatic ring is 1. The number of aromatic hydroxyl groups is 1. The van der Waals surface area contributed by atoms with Gasteiger partial charge in [0.1, 0.15) is 48.3 Å². The number of phenols is 1. The molecule has 0 saturated carbocycles. The van der Waals surface area contributed by atoms with Crippen molar-refractivity contribution in [2.45, 2.75) is 161 Å². The molecule has 0 aliphatic carbocycles. The van der Waals surface area contributed by atoms with Crippen LogP contribution in [0.1, 0.15) is 122 Å². The summed E-state index contributed by atoms with van der Waals surface area (Å²) in [5.41, 5.74) is 21.9. The molecule has 0 saturated heterocycles. The highest BCUT2D eigenvalue weighted by atomic mass is 16.6. The number of amides is 9. The van der Waals surface area contributed by atoms with E-state index in [0.717, 1.165) is 12.1 Å². The second kappa shape index (κ2) is 32.8. The molecule has 0 fully saturated rings. The van der Waals surface area contributed by atoms with Gasteiger partial charge in [-0.25, -0.2) is 0 Å². The first-order valence-corrected chi connectivity index (χ1v) is 25.5. The number of aliphatic imine (C=N–C) groups is 1. The highest BCUT2D eigenvalue weighted by Crippen LogP contribution is 2.27. The Bertz CT molecular complexity index is 2490. The van der Waals surface area contributed by atoms with Crippen LogP contribution in [-0.2, 0) is 49.6 Å². The standard InChI is InChI=1S/C50H76N14O14/c1-7-9-16-32(41(52)68)58-42(69)28(6)57-45(72)35(20-22-39(66)67)60-48(75)36(24-29-19-21-38(65)37(25-29)64(77)78)62-46(73)33(17-10-8-2)61-49(76)40(26(3)4)63-47(74)34(18-13-23-55-50(53)54)59-43(70)27(5)56-44(71)30-14-11-12-15-31(30)51/h11-12,14-15,19,21,25-28,32-36,40,65H,7-10,13,16-18,20,22-24,51H2,1-6H3,(H2,52,68)(H,56,71)(H,57,72)(H,58,69)(H,59,70)(H,60,75)(H,61,76)(H,62,73)(H,63,74)(H,66,67)(H4,53,54,55)/t27-,28-,32-,33-,34-,35-,36-,40-/m0/s1. The van der Waals surface area contributed by atoms with Crippen LogP contribution in [0.3, 0.4) is 0 Å². The summed E-state index contributed by atoms with van der Waals surface area (Å²) in [6.45, 7) is 9.55. The molecule has 0 unspecified atom stereocenters. The number of hydrogen-bond donors (Lipinski definition) is 14. The second-order valence-corrected chi connectivity index (χ2v) is 18.9. The highest BCUT2D eigenvalue weighted by molar-refractivity contribution is 6.02. The topological polar surface area (TPSA) is 467 Å². The third kappa shape index (κ3) is 22.3. The van der Waals surface area contributed by atoms with Crippen LogP contribution in [0.15, 0.2) is 47.5 Å². The number of unbranched alkanes of at least 4 members (excludes halogenated alkanes) is 2. The van der Waals surface area contributed by atoms with Gasteiger partial charge in [-0.3, -0.25) is 63.1 Å². The van der Waals surface area contributed by atoms with E-state index in [1.165, 1.54) is 32.0 Å². The van der Waals surface area contributed by atoms with Gasteiger partial charge >= 0.3 is 11.7 Å². The van der Waals surface area contributed by atoms with E-state index in [1.807, 2.05) is 6.92 Å². The van der Waals surface area contributed by atoms with Gasteiger partial charge < -0.3 is 75.7 Å². The van der Waals surface area contributed by atoms with Crippen molar-refractivity contribution in [3.05, 3.63) is 63.7 Å². The molecule has 0 radical (unpaired) electrons. The Balaban J connectivity index is 2.50. The lowest BCUT2D eigenvalue weighted by molar-refractivity contribution is -0.385. The molecule has 2 rings (SSSR count). The normalized spacial score (nSPS) is 14.0. The molecule has 28 heteroatoms. The Labute approximate surface area is 451 Å². The summed E-state index contributed by atoms with van der Waals surface area (Å²) in [7, 11) is 0. The van der Waals surface area contributed by atoms with Crippen molar-refractivity contribution in [1.82, 2.24) is 42.5 Å². The number of nitrogens with two attached hydrogens (primary N) is 4. The maximum atomic E-state index is 14.4. The first kappa shape index (κ1) is 65.5. The van der Waals surface area contributed by atoms with Gasteiger partial charge in [0, 0.05) is 31.1 Å². The molecule has 9 amide bonds. The molecule has 18 N–H and O–H groups in total. The number of carbonyl (C=O) groups excluding carboxylic acids is 9. The van der Waals surface area contributed by atoms with Gasteiger partial charge in [-0.1, -0.05) is 71.6 Å². The Hall–Kier alpha value is -8.59. The van der Waals surface area contributed by atoms with Crippen LogP contribution in [0.25, 0.3) is 0 Å². The van der Waals surface area contributed by atoms with E-state index in [2.05, 4.69) is 47.5 Å². The molecule has 0 heterocycles. The highest BCUT2D eigenvalue weighted by Gasteiger charge is 2.35. The Morgan fingerprint density at radius 3 is 1.65 bits per heavy atom. The summed E-state index contributed by atoms with van der Waals surface area (Å²) in [6, 6.07) is -1.77. The fourth-order valence-corrected chi connectivity index (χ4v) is 7.58. The SMILES string of the molecule is CCCC[C@H](NC(=O)[C@H](C)NC(=O)[C@H](CCC(=O)O)NC(=O)[C@H](Cc1ccc(O)c([N+](=O)[O-])c1)NC(=O)[C@H](CCCC)NC(=O)[C@@H](NC(=O)[C@H](CCCN=C(N)N)NC(=O)[C@H](C)NC(=O)c1ccccc1N)C(C)C)C(N)=O. The minimum atomic E-state index is -1.72. The predicted octanol–water partition coefficient (Wildman–Crippen LogP) is -0.903. The van der Waals surface area contributed by atoms with E-state index in [9.17, 15) is 68.3 Å². The average molecular weight is 1100 g/mol. The minimum Gasteiger partial charge on any atom is -0.502 e. The molecule has 2 aromatic carbocycles. The summed E-state index contributed by atoms with van der Waals surface area (Å²) in [4.78, 5) is 149. The molecular formula is C50H76N14O14. The summed E-state index contributed by atoms with van der Waals surface area (Å²) in [5.74, 6) is -10.9. The minimum absolute atomic E-state index is 0.0261. The number of carbonyl (C=O) groups is 10. The number of carboxylic acids is 1. The zero-order valence-corrected chi connectivity index (χ0v) is 44.7. The van der Waals surface area contributed by atoms with Crippen molar-refractivity contribution < 1.29 is 63.1 Å². The number of nitro benzene ring substituents is 1. The number of para-hydroxylation sites is 1. The number of nitrogens with zero attached hydrogens (tertiary/aromatic N) is 2. The molecule has 0 aliphatic heterocycles. The number of hydrogen-bond acceptors (Lipinski definition) is 15. The average Bonchev–Trinajstić information content (AvgIpc) is 3.37. The molecule has 0 aliphatic rings. The fourth-order valence-electron chi connectivity index (χ4n) is 7.58. The van der Waals surface area contributed by atoms with E-state index < -0.39 is 149 Å². The number of phenolic OH excluding ortho intramolecular Hbond substituents is 1. The van der Waals surface area contributed by atoms with Crippen molar-refractivity contribution in [1.29, 1.82) is 0 Å². The van der Waals surface area contributed by atoms with Crippen LogP contribution in [0.4, 0.5) is 11.4 Å². The molecule has 78 heavy (non-hydrogen) atoms. The Kier molecular flexibility index (Phi) is 27.5. The number of primary amides is 1. The molecule has 8 atom stereocenters. The largest absolute Gasteiger partial charge is 0.502 e. The first-order chi connectivity index (χ1) is 36.7. The number of nitro groups is 1. The van der Waals surface area contributed by atoms with Crippen molar-refractivity contribution >= 4 is 76.5 Å². The zero-order chi connectivity index (χ0) is 58.8. The fraction of sp³-hybridized carbons (Fsp3) is 0.540.